The van der Waals surface area contributed by atoms with Crippen LogP contribution in [0.25, 0.3) is 6.08 Å². The van der Waals surface area contributed by atoms with Crippen LogP contribution in [0.3, 0.4) is 0 Å². The number of β-lactam (4-membered cyclic amide) rings is 1. The van der Waals surface area contributed by atoms with E-state index in [2.05, 4.69) is 5.32 Å². The van der Waals surface area contributed by atoms with Crippen molar-refractivity contribution < 1.29 is 23.9 Å². The van der Waals surface area contributed by atoms with Crippen molar-refractivity contribution in [2.24, 2.45) is 0 Å². The van der Waals surface area contributed by atoms with Gasteiger partial charge in [-0.3, -0.25) is 19.3 Å². The number of benzene rings is 2. The molecule has 34 heavy (non-hydrogen) atoms. The number of hydrogen-bond donors (Lipinski definition) is 1. The highest BCUT2D eigenvalue weighted by Gasteiger charge is 2.51. The number of ether oxygens (including phenoxy) is 2. The van der Waals surface area contributed by atoms with Crippen molar-refractivity contribution in [2.45, 2.75) is 24.8 Å². The number of nitrogens with one attached hydrogen (secondary N) is 1. The Hall–Kier alpha value is -3.52. The van der Waals surface area contributed by atoms with Gasteiger partial charge in [-0.2, -0.15) is 0 Å². The molecule has 0 radical (unpaired) electrons. The van der Waals surface area contributed by atoms with Crippen molar-refractivity contribution in [3.63, 3.8) is 0 Å². The summed E-state index contributed by atoms with van der Waals surface area (Å²) in [7, 11) is 1.56. The predicted octanol–water partition coefficient (Wildman–Crippen LogP) is 3.20. The molecule has 8 heteroatoms. The number of methoxy groups -OCH3 is 1. The summed E-state index contributed by atoms with van der Waals surface area (Å²) in [5.74, 6) is 1.70. The number of carbonyl (C=O) groups excluding carboxylic acids is 3. The quantitative estimate of drug-likeness (QED) is 0.339. The van der Waals surface area contributed by atoms with E-state index in [1.54, 1.807) is 35.9 Å². The van der Waals surface area contributed by atoms with Crippen LogP contribution in [0, 0.1) is 0 Å². The topological polar surface area (TPSA) is 84.9 Å². The summed E-state index contributed by atoms with van der Waals surface area (Å²) in [6.45, 7) is 2.26. The zero-order valence-electron chi connectivity index (χ0n) is 19.0. The first-order chi connectivity index (χ1) is 16.5. The smallest absolute Gasteiger partial charge is 0.253 e. The third-order valence-corrected chi connectivity index (χ3v) is 7.18. The molecule has 1 N–H and O–H groups in total. The lowest BCUT2D eigenvalue weighted by Crippen LogP contribution is -2.69. The fourth-order valence-electron chi connectivity index (χ4n) is 3.97. The molecule has 2 atom stereocenters. The zero-order valence-corrected chi connectivity index (χ0v) is 19.8. The van der Waals surface area contributed by atoms with Gasteiger partial charge in [0.2, 0.25) is 5.91 Å². The average Bonchev–Trinajstić information content (AvgIpc) is 2.85. The lowest BCUT2D eigenvalue weighted by atomic mass is 10.0. The molecule has 2 aromatic carbocycles. The Kier molecular flexibility index (Phi) is 7.37. The van der Waals surface area contributed by atoms with Crippen LogP contribution in [0.5, 0.6) is 11.5 Å². The van der Waals surface area contributed by atoms with Crippen LogP contribution < -0.4 is 14.8 Å². The Balaban J connectivity index is 1.36. The van der Waals surface area contributed by atoms with E-state index in [1.807, 2.05) is 49.4 Å². The number of aldehydes is 1. The minimum absolute atomic E-state index is 0.0957. The summed E-state index contributed by atoms with van der Waals surface area (Å²) in [4.78, 5) is 37.5. The second-order valence-electron chi connectivity index (χ2n) is 7.99. The van der Waals surface area contributed by atoms with E-state index < -0.39 is 6.04 Å². The number of allylic oxidation sites excluding steroid dienone is 2. The molecular formula is C26H26N2O5S. The normalized spacial score (nSPS) is 19.5. The van der Waals surface area contributed by atoms with Gasteiger partial charge < -0.3 is 14.8 Å². The molecule has 1 saturated heterocycles. The van der Waals surface area contributed by atoms with Crippen molar-refractivity contribution >= 4 is 35.9 Å². The molecule has 0 aromatic heterocycles. The third-order valence-electron chi connectivity index (χ3n) is 5.84. The van der Waals surface area contributed by atoms with Crippen LogP contribution in [0.1, 0.15) is 18.1 Å². The first kappa shape index (κ1) is 23.6. The maximum atomic E-state index is 12.8. The van der Waals surface area contributed by atoms with Crippen molar-refractivity contribution in [3.05, 3.63) is 77.0 Å². The second kappa shape index (κ2) is 10.6. The molecular weight excluding hydrogens is 452 g/mol. The van der Waals surface area contributed by atoms with Gasteiger partial charge in [-0.15, -0.1) is 11.8 Å². The Morgan fingerprint density at radius 3 is 2.76 bits per heavy atom. The highest BCUT2D eigenvalue weighted by Crippen LogP contribution is 2.40. The van der Waals surface area contributed by atoms with E-state index in [9.17, 15) is 14.4 Å². The van der Waals surface area contributed by atoms with E-state index in [0.717, 1.165) is 22.4 Å². The molecule has 0 aliphatic carbocycles. The molecule has 0 bridgehead atoms. The number of nitrogens with zero attached hydrogens (tertiary/aromatic N) is 1. The molecule has 2 unspecified atom stereocenters. The predicted molar refractivity (Wildman–Crippen MR) is 131 cm³/mol. The second-order valence-corrected chi connectivity index (χ2v) is 9.10. The van der Waals surface area contributed by atoms with E-state index in [-0.39, 0.29) is 23.6 Å². The Morgan fingerprint density at radius 2 is 2.03 bits per heavy atom. The van der Waals surface area contributed by atoms with Crippen LogP contribution in [0.4, 0.5) is 0 Å². The summed E-state index contributed by atoms with van der Waals surface area (Å²) in [6.07, 6.45) is 4.04. The lowest BCUT2D eigenvalue weighted by molar-refractivity contribution is -0.145. The molecule has 0 spiro atoms. The summed E-state index contributed by atoms with van der Waals surface area (Å²) in [6, 6.07) is 14.4. The highest BCUT2D eigenvalue weighted by molar-refractivity contribution is 8.00. The first-order valence-corrected chi connectivity index (χ1v) is 12.0. The number of amides is 2. The van der Waals surface area contributed by atoms with Crippen molar-refractivity contribution in [1.82, 2.24) is 10.2 Å². The van der Waals surface area contributed by atoms with E-state index in [0.29, 0.717) is 30.1 Å². The standard InChI is InChI=1S/C26H26N2O5S/c1-17-20(15-33-21-11-10-19(9-6-12-29)22(14-21)32-2)16-34-26-24(25(31)28(17)26)27-23(30)13-18-7-4-3-5-8-18/h3-12,14,24,26H,13,15-16H2,1-2H3,(H,27,30)/b9-6-. The SMILES string of the molecule is COc1cc(OCC2=C(C)N3C(=O)C(NC(=O)Cc4ccccc4)C3SC2)ccc1/C=C\C=O. The van der Waals surface area contributed by atoms with E-state index in [1.165, 1.54) is 6.08 Å². The van der Waals surface area contributed by atoms with Crippen LogP contribution in [0.2, 0.25) is 0 Å². The molecule has 2 aliphatic rings. The van der Waals surface area contributed by atoms with Crippen molar-refractivity contribution in [1.29, 1.82) is 0 Å². The van der Waals surface area contributed by atoms with E-state index >= 15 is 0 Å². The van der Waals surface area contributed by atoms with Gasteiger partial charge in [0.15, 0.2) is 0 Å². The number of hydrogen-bond acceptors (Lipinski definition) is 6. The molecule has 1 fully saturated rings. The van der Waals surface area contributed by atoms with Gasteiger partial charge >= 0.3 is 0 Å². The Labute approximate surface area is 202 Å². The number of fused-ring (bicyclic) bond motifs is 1. The van der Waals surface area contributed by atoms with Gasteiger partial charge in [0, 0.05) is 23.1 Å². The molecule has 0 saturated carbocycles. The molecule has 2 aliphatic heterocycles. The van der Waals surface area contributed by atoms with Crippen LogP contribution in [-0.4, -0.2) is 53.9 Å². The minimum Gasteiger partial charge on any atom is -0.496 e. The van der Waals surface area contributed by atoms with Crippen molar-refractivity contribution in [2.75, 3.05) is 19.5 Å². The summed E-state index contributed by atoms with van der Waals surface area (Å²) < 4.78 is 11.3. The number of rotatable bonds is 9. The number of thioether (sulfide) groups is 1. The Bertz CT molecular complexity index is 1150. The third kappa shape index (κ3) is 5.02. The van der Waals surface area contributed by atoms with Gasteiger partial charge in [-0.05, 0) is 42.3 Å². The van der Waals surface area contributed by atoms with Crippen LogP contribution in [0.15, 0.2) is 65.9 Å². The van der Waals surface area contributed by atoms with Gasteiger partial charge in [0.1, 0.15) is 35.8 Å². The lowest BCUT2D eigenvalue weighted by Gasteiger charge is -2.50. The molecule has 2 amide bonds. The average molecular weight is 479 g/mol. The van der Waals surface area contributed by atoms with Gasteiger partial charge in [-0.25, -0.2) is 0 Å². The maximum absolute atomic E-state index is 12.8. The number of carbonyl (C=O) groups is 3. The minimum atomic E-state index is -0.505. The van der Waals surface area contributed by atoms with Gasteiger partial charge in [0.05, 0.1) is 13.5 Å². The zero-order chi connectivity index (χ0) is 24.1. The molecule has 2 heterocycles. The Morgan fingerprint density at radius 1 is 1.24 bits per heavy atom. The maximum Gasteiger partial charge on any atom is 0.253 e. The molecule has 2 aromatic rings. The largest absolute Gasteiger partial charge is 0.496 e. The fraction of sp³-hybridized carbons (Fsp3) is 0.269. The van der Waals surface area contributed by atoms with Crippen LogP contribution >= 0.6 is 11.8 Å². The summed E-state index contributed by atoms with van der Waals surface area (Å²) in [5.41, 5.74) is 3.59. The van der Waals surface area contributed by atoms with Crippen molar-refractivity contribution in [3.8, 4) is 11.5 Å². The summed E-state index contributed by atoms with van der Waals surface area (Å²) in [5, 5.41) is 2.80. The molecule has 4 rings (SSSR count). The van der Waals surface area contributed by atoms with Gasteiger partial charge in [-0.1, -0.05) is 30.3 Å². The first-order valence-electron chi connectivity index (χ1n) is 10.9. The molecule has 7 nitrogen and oxygen atoms in total. The fourth-order valence-corrected chi connectivity index (χ4v) is 5.42. The molecule has 176 valence electrons. The summed E-state index contributed by atoms with van der Waals surface area (Å²) >= 11 is 1.62. The monoisotopic (exact) mass is 478 g/mol. The highest BCUT2D eigenvalue weighted by atomic mass is 32.2. The van der Waals surface area contributed by atoms with E-state index in [4.69, 9.17) is 9.47 Å². The van der Waals surface area contributed by atoms with Gasteiger partial charge in [0.25, 0.3) is 5.91 Å². The van der Waals surface area contributed by atoms with Crippen LogP contribution in [-0.2, 0) is 20.8 Å².